The lowest BCUT2D eigenvalue weighted by Gasteiger charge is -2.48. The van der Waals surface area contributed by atoms with Crippen molar-refractivity contribution in [3.63, 3.8) is 0 Å². The number of nitrogens with zero attached hydrogens (tertiary/aromatic N) is 4. The zero-order valence-electron chi connectivity index (χ0n) is 42.4. The summed E-state index contributed by atoms with van der Waals surface area (Å²) in [5, 5.41) is 5.84. The summed E-state index contributed by atoms with van der Waals surface area (Å²) in [5.74, 6) is -3.13. The van der Waals surface area contributed by atoms with Crippen molar-refractivity contribution in [3.8, 4) is 0 Å². The first-order chi connectivity index (χ1) is 32.9. The second kappa shape index (κ2) is 25.4. The molecule has 384 valence electrons. The van der Waals surface area contributed by atoms with Crippen LogP contribution >= 0.6 is 0 Å². The molecule has 18 heteroatoms. The highest BCUT2D eigenvalue weighted by Gasteiger charge is 2.62. The maximum absolute atomic E-state index is 14.9. The lowest BCUT2D eigenvalue weighted by molar-refractivity contribution is -0.153. The average molecular weight is 966 g/mol. The van der Waals surface area contributed by atoms with E-state index in [1.54, 1.807) is 23.8 Å². The number of hydrogen-bond donors (Lipinski definition) is 3. The van der Waals surface area contributed by atoms with E-state index in [0.29, 0.717) is 19.4 Å². The molecule has 69 heavy (non-hydrogen) atoms. The summed E-state index contributed by atoms with van der Waals surface area (Å²) in [6.45, 7) is 11.6. The topological polar surface area (TPSA) is 219 Å². The van der Waals surface area contributed by atoms with Crippen LogP contribution in [0.2, 0.25) is 0 Å². The number of fused-ring (bicyclic) bond motifs is 2. The Morgan fingerprint density at radius 1 is 0.913 bits per heavy atom. The smallest absolute Gasteiger partial charge is 0.253 e. The highest BCUT2D eigenvalue weighted by atomic mass is 16.5. The molecule has 4 aliphatic rings. The van der Waals surface area contributed by atoms with E-state index >= 15 is 0 Å². The van der Waals surface area contributed by atoms with Gasteiger partial charge in [-0.15, -0.1) is 0 Å². The molecule has 11 atom stereocenters. The summed E-state index contributed by atoms with van der Waals surface area (Å²) < 4.78 is 23.3. The van der Waals surface area contributed by atoms with Crippen molar-refractivity contribution >= 4 is 41.4 Å². The number of nitrogens with one attached hydrogen (secondary N) is 2. The second-order valence-electron chi connectivity index (χ2n) is 19.8. The highest BCUT2D eigenvalue weighted by Crippen LogP contribution is 2.55. The Kier molecular flexibility index (Phi) is 20.3. The Bertz CT molecular complexity index is 1950. The number of rotatable bonds is 28. The fourth-order valence-corrected chi connectivity index (χ4v) is 11.7. The van der Waals surface area contributed by atoms with Crippen LogP contribution in [0.4, 0.5) is 0 Å². The third-order valence-corrected chi connectivity index (χ3v) is 15.4. The Hall–Kier alpha value is -4.75. The minimum atomic E-state index is -0.918. The molecule has 3 fully saturated rings. The van der Waals surface area contributed by atoms with Gasteiger partial charge in [0.15, 0.2) is 0 Å². The number of carbonyl (C=O) groups excluding carboxylic acids is 7. The molecule has 2 saturated heterocycles. The van der Waals surface area contributed by atoms with E-state index in [0.717, 1.165) is 36.1 Å². The van der Waals surface area contributed by atoms with Crippen LogP contribution in [-0.2, 0) is 58.9 Å². The van der Waals surface area contributed by atoms with E-state index in [4.69, 9.17) is 24.7 Å². The molecular formula is C51H79N7O11. The molecule has 3 unspecified atom stereocenters. The van der Waals surface area contributed by atoms with Crippen LogP contribution in [0.15, 0.2) is 42.5 Å². The van der Waals surface area contributed by atoms with E-state index < -0.39 is 59.7 Å². The zero-order chi connectivity index (χ0) is 50.6. The molecule has 3 heterocycles. The predicted octanol–water partition coefficient (Wildman–Crippen LogP) is 2.32. The van der Waals surface area contributed by atoms with Gasteiger partial charge in [0.05, 0.1) is 81.6 Å². The van der Waals surface area contributed by atoms with Crippen LogP contribution in [0.1, 0.15) is 85.1 Å². The van der Waals surface area contributed by atoms with Gasteiger partial charge in [-0.2, -0.15) is 0 Å². The van der Waals surface area contributed by atoms with E-state index in [1.165, 1.54) is 19.3 Å². The Balaban J connectivity index is 1.20. The third-order valence-electron chi connectivity index (χ3n) is 15.4. The summed E-state index contributed by atoms with van der Waals surface area (Å²) in [6.07, 6.45) is 5.82. The Morgan fingerprint density at radius 3 is 2.17 bits per heavy atom. The molecule has 1 aromatic rings. The number of imide groups is 1. The van der Waals surface area contributed by atoms with Crippen LogP contribution < -0.4 is 16.4 Å². The molecule has 5 rings (SSSR count). The second-order valence-corrected chi connectivity index (χ2v) is 19.8. The van der Waals surface area contributed by atoms with Crippen molar-refractivity contribution < 1.29 is 52.5 Å². The van der Waals surface area contributed by atoms with Crippen LogP contribution in [0.3, 0.4) is 0 Å². The molecule has 18 nitrogen and oxygen atoms in total. The summed E-state index contributed by atoms with van der Waals surface area (Å²) in [5.41, 5.74) is 6.25. The van der Waals surface area contributed by atoms with Gasteiger partial charge in [-0.25, -0.2) is 0 Å². The standard InChI is InChI=1S/C51H79N7O11/c1-10-33(4)44(55(6)50(65)43(32(2)3)51-21-20-36(31-51)45(47(52)62)56(51)7)39(66-8)30-42(61)57-23-14-17-38(57)46(67-9)34(5)48(63)54-37(29-35-15-12-11-13-16-35)49(64)53-22-25-68-27-28-69-26-24-58-40(59)18-19-41(58)60/h11-13,15-16,18-19,32-34,36-39,43-46H,10,14,17,20-31H2,1-9H3,(H2,52,62)(H,53,64)(H,54,63)/t33-,34+,36?,37-,38-,39+,43+,44-,45?,46+,51?/m0/s1. The number of piperidine rings is 1. The molecule has 2 bridgehead atoms. The average Bonchev–Trinajstić information content (AvgIpc) is 4.12. The normalized spacial score (nSPS) is 24.3. The van der Waals surface area contributed by atoms with Crippen molar-refractivity contribution in [2.24, 2.45) is 35.3 Å². The molecule has 1 saturated carbocycles. The van der Waals surface area contributed by atoms with Crippen molar-refractivity contribution in [1.29, 1.82) is 0 Å². The Morgan fingerprint density at radius 2 is 1.58 bits per heavy atom. The molecule has 0 spiro atoms. The number of methoxy groups -OCH3 is 2. The molecule has 3 aliphatic heterocycles. The quantitative estimate of drug-likeness (QED) is 0.0815. The van der Waals surface area contributed by atoms with E-state index in [9.17, 15) is 33.6 Å². The number of benzene rings is 1. The molecule has 1 aromatic carbocycles. The summed E-state index contributed by atoms with van der Waals surface area (Å²) in [7, 11) is 6.86. The van der Waals surface area contributed by atoms with Gasteiger partial charge in [-0.05, 0) is 62.5 Å². The van der Waals surface area contributed by atoms with Crippen molar-refractivity contribution in [2.45, 2.75) is 128 Å². The fourth-order valence-electron chi connectivity index (χ4n) is 11.7. The summed E-state index contributed by atoms with van der Waals surface area (Å²) in [4.78, 5) is 100.0. The minimum absolute atomic E-state index is 0.0108. The molecule has 0 radical (unpaired) electrons. The number of carbonyl (C=O) groups is 7. The number of hydrogen-bond acceptors (Lipinski definition) is 12. The number of likely N-dealkylation sites (N-methyl/N-ethyl adjacent to an activating group) is 2. The SMILES string of the molecule is CC[C@H](C)[C@@H]([C@@H](CC(=O)N1CCC[C@H]1[C@H](OC)[C@@H](C)C(=O)N[C@@H](Cc1ccccc1)C(=O)NCCOCCOCCN1C(=O)C=CC1=O)OC)N(C)C(=O)[C@@H](C(C)C)C12CCC(C1)C(C(N)=O)N2C. The fraction of sp³-hybridized carbons (Fsp3) is 0.706. The van der Waals surface area contributed by atoms with Crippen LogP contribution in [0.5, 0.6) is 0 Å². The van der Waals surface area contributed by atoms with Gasteiger partial charge in [0.25, 0.3) is 11.8 Å². The molecule has 0 aromatic heterocycles. The molecule has 7 amide bonds. The van der Waals surface area contributed by atoms with E-state index in [-0.39, 0.29) is 106 Å². The van der Waals surface area contributed by atoms with Gasteiger partial charge in [0.1, 0.15) is 6.04 Å². The summed E-state index contributed by atoms with van der Waals surface area (Å²) in [6, 6.07) is 7.20. The first-order valence-corrected chi connectivity index (χ1v) is 24.9. The number of nitrogens with two attached hydrogens (primary N) is 1. The number of primary amides is 1. The summed E-state index contributed by atoms with van der Waals surface area (Å²) >= 11 is 0. The van der Waals surface area contributed by atoms with Crippen LogP contribution in [-0.4, -0.2) is 177 Å². The maximum atomic E-state index is 14.9. The zero-order valence-corrected chi connectivity index (χ0v) is 42.4. The number of ether oxygens (including phenoxy) is 4. The van der Waals surface area contributed by atoms with Gasteiger partial charge in [0.2, 0.25) is 29.5 Å². The monoisotopic (exact) mass is 966 g/mol. The lowest BCUT2D eigenvalue weighted by atomic mass is 9.74. The first kappa shape index (κ1) is 55.2. The van der Waals surface area contributed by atoms with Crippen LogP contribution in [0.25, 0.3) is 0 Å². The van der Waals surface area contributed by atoms with Gasteiger partial charge in [0, 0.05) is 58.5 Å². The molecule has 1 aliphatic carbocycles. The van der Waals surface area contributed by atoms with Gasteiger partial charge in [-0.3, -0.25) is 43.4 Å². The van der Waals surface area contributed by atoms with Crippen molar-refractivity contribution in [2.75, 3.05) is 74.4 Å². The van der Waals surface area contributed by atoms with Gasteiger partial charge >= 0.3 is 0 Å². The lowest BCUT2D eigenvalue weighted by Crippen LogP contribution is -2.61. The van der Waals surface area contributed by atoms with Crippen molar-refractivity contribution in [3.05, 3.63) is 48.0 Å². The van der Waals surface area contributed by atoms with E-state index in [2.05, 4.69) is 43.2 Å². The Labute approximate surface area is 408 Å². The van der Waals surface area contributed by atoms with Gasteiger partial charge < -0.3 is 45.1 Å². The largest absolute Gasteiger partial charge is 0.379 e. The molecular weight excluding hydrogens is 887 g/mol. The highest BCUT2D eigenvalue weighted by molar-refractivity contribution is 6.12. The number of amides is 7. The minimum Gasteiger partial charge on any atom is -0.379 e. The molecule has 4 N–H and O–H groups in total. The van der Waals surface area contributed by atoms with Crippen LogP contribution in [0, 0.1) is 29.6 Å². The van der Waals surface area contributed by atoms with Crippen molar-refractivity contribution in [1.82, 2.24) is 30.2 Å². The number of likely N-dealkylation sites (tertiary alicyclic amines) is 2. The van der Waals surface area contributed by atoms with Gasteiger partial charge in [-0.1, -0.05) is 71.4 Å². The first-order valence-electron chi connectivity index (χ1n) is 24.9. The maximum Gasteiger partial charge on any atom is 0.253 e. The van der Waals surface area contributed by atoms with E-state index in [1.807, 2.05) is 44.4 Å². The predicted molar refractivity (Wildman–Crippen MR) is 258 cm³/mol. The third kappa shape index (κ3) is 13.0.